The summed E-state index contributed by atoms with van der Waals surface area (Å²) >= 11 is 5.80. The lowest BCUT2D eigenvalue weighted by atomic mass is 10.5. The highest BCUT2D eigenvalue weighted by Gasteiger charge is 2.08. The molecule has 13 heavy (non-hydrogen) atoms. The van der Waals surface area contributed by atoms with Gasteiger partial charge in [0.2, 0.25) is 0 Å². The van der Waals surface area contributed by atoms with Gasteiger partial charge in [0.25, 0.3) is 0 Å². The van der Waals surface area contributed by atoms with Crippen LogP contribution in [0.1, 0.15) is 13.3 Å². The second-order valence-electron chi connectivity index (χ2n) is 2.65. The molecule has 2 aromatic rings. The number of nitrogens with zero attached hydrogens (tertiary/aromatic N) is 5. The zero-order valence-electron chi connectivity index (χ0n) is 7.11. The molecule has 0 aliphatic carbocycles. The summed E-state index contributed by atoms with van der Waals surface area (Å²) in [6.07, 6.45) is 2.40. The van der Waals surface area contributed by atoms with Crippen LogP contribution in [0, 0.1) is 0 Å². The van der Waals surface area contributed by atoms with Crippen molar-refractivity contribution in [3.05, 3.63) is 11.5 Å². The summed E-state index contributed by atoms with van der Waals surface area (Å²) in [5.74, 6) is 0. The standard InChI is InChI=1S/C7H8ClN5/c1-2-3-13-7-5(11-12-13)6(8)9-4-10-7/h4H,2-3H2,1H3. The van der Waals surface area contributed by atoms with Crippen molar-refractivity contribution < 1.29 is 0 Å². The van der Waals surface area contributed by atoms with Crippen LogP contribution in [0.4, 0.5) is 0 Å². The van der Waals surface area contributed by atoms with Gasteiger partial charge in [0.15, 0.2) is 16.3 Å². The van der Waals surface area contributed by atoms with E-state index >= 15 is 0 Å². The SMILES string of the molecule is CCCn1nnc2c(Cl)ncnc21. The van der Waals surface area contributed by atoms with Gasteiger partial charge in [-0.05, 0) is 6.42 Å². The number of fused-ring (bicyclic) bond motifs is 1. The van der Waals surface area contributed by atoms with Crippen molar-refractivity contribution in [1.82, 2.24) is 25.0 Å². The Labute approximate surface area is 79.7 Å². The Bertz CT molecular complexity index is 424. The predicted molar refractivity (Wildman–Crippen MR) is 48.4 cm³/mol. The minimum atomic E-state index is 0.354. The van der Waals surface area contributed by atoms with E-state index in [4.69, 9.17) is 11.6 Å². The van der Waals surface area contributed by atoms with Crippen LogP contribution >= 0.6 is 11.6 Å². The van der Waals surface area contributed by atoms with Crippen molar-refractivity contribution in [2.75, 3.05) is 0 Å². The Morgan fingerprint density at radius 2 is 2.31 bits per heavy atom. The summed E-state index contributed by atoms with van der Waals surface area (Å²) in [5, 5.41) is 8.17. The molecule has 2 heterocycles. The predicted octanol–water partition coefficient (Wildman–Crippen LogP) is 1.28. The van der Waals surface area contributed by atoms with E-state index in [1.807, 2.05) is 0 Å². The van der Waals surface area contributed by atoms with Gasteiger partial charge < -0.3 is 0 Å². The average Bonchev–Trinajstić information content (AvgIpc) is 2.51. The Morgan fingerprint density at radius 3 is 3.08 bits per heavy atom. The Morgan fingerprint density at radius 1 is 1.46 bits per heavy atom. The molecule has 0 bridgehead atoms. The van der Waals surface area contributed by atoms with Gasteiger partial charge in [-0.2, -0.15) is 0 Å². The van der Waals surface area contributed by atoms with E-state index < -0.39 is 0 Å². The van der Waals surface area contributed by atoms with Crippen molar-refractivity contribution in [1.29, 1.82) is 0 Å². The first-order valence-electron chi connectivity index (χ1n) is 4.02. The first-order valence-corrected chi connectivity index (χ1v) is 4.40. The van der Waals surface area contributed by atoms with Crippen molar-refractivity contribution in [2.45, 2.75) is 19.9 Å². The van der Waals surface area contributed by atoms with Crippen molar-refractivity contribution >= 4 is 22.8 Å². The maximum atomic E-state index is 5.80. The number of aromatic nitrogens is 5. The molecule has 0 saturated carbocycles. The summed E-state index contributed by atoms with van der Waals surface area (Å²) in [7, 11) is 0. The summed E-state index contributed by atoms with van der Waals surface area (Å²) in [4.78, 5) is 7.88. The Kier molecular flexibility index (Phi) is 2.10. The fourth-order valence-electron chi connectivity index (χ4n) is 1.13. The van der Waals surface area contributed by atoms with Gasteiger partial charge in [-0.1, -0.05) is 23.7 Å². The summed E-state index contributed by atoms with van der Waals surface area (Å²) < 4.78 is 1.73. The molecule has 5 nitrogen and oxygen atoms in total. The zero-order chi connectivity index (χ0) is 9.26. The molecule has 0 saturated heterocycles. The van der Waals surface area contributed by atoms with E-state index in [0.717, 1.165) is 13.0 Å². The third-order valence-electron chi connectivity index (χ3n) is 1.69. The zero-order valence-corrected chi connectivity index (χ0v) is 7.86. The average molecular weight is 198 g/mol. The first kappa shape index (κ1) is 8.37. The Balaban J connectivity index is 2.61. The molecule has 2 aromatic heterocycles. The molecular weight excluding hydrogens is 190 g/mol. The van der Waals surface area contributed by atoms with Crippen LogP contribution in [0.25, 0.3) is 11.2 Å². The molecule has 0 fully saturated rings. The van der Waals surface area contributed by atoms with Crippen molar-refractivity contribution in [2.24, 2.45) is 0 Å². The highest BCUT2D eigenvalue weighted by molar-refractivity contribution is 6.33. The van der Waals surface area contributed by atoms with E-state index in [2.05, 4.69) is 27.2 Å². The van der Waals surface area contributed by atoms with Gasteiger partial charge in [0, 0.05) is 6.54 Å². The maximum absolute atomic E-state index is 5.80. The lowest BCUT2D eigenvalue weighted by molar-refractivity contribution is 0.591. The topological polar surface area (TPSA) is 56.5 Å². The smallest absolute Gasteiger partial charge is 0.183 e. The molecule has 0 aromatic carbocycles. The normalized spacial score (nSPS) is 10.9. The number of hydrogen-bond donors (Lipinski definition) is 0. The number of hydrogen-bond acceptors (Lipinski definition) is 4. The quantitative estimate of drug-likeness (QED) is 0.681. The van der Waals surface area contributed by atoms with Crippen LogP contribution in [-0.4, -0.2) is 25.0 Å². The van der Waals surface area contributed by atoms with Crippen LogP contribution in [0.5, 0.6) is 0 Å². The Hall–Kier alpha value is -1.23. The second-order valence-corrected chi connectivity index (χ2v) is 3.01. The minimum absolute atomic E-state index is 0.354. The highest BCUT2D eigenvalue weighted by Crippen LogP contribution is 2.15. The molecule has 6 heteroatoms. The van der Waals surface area contributed by atoms with Crippen LogP contribution in [0.2, 0.25) is 5.15 Å². The molecule has 0 atom stereocenters. The number of rotatable bonds is 2. The molecule has 0 aliphatic heterocycles. The second kappa shape index (κ2) is 3.26. The van der Waals surface area contributed by atoms with Crippen LogP contribution < -0.4 is 0 Å². The van der Waals surface area contributed by atoms with Crippen LogP contribution in [-0.2, 0) is 6.54 Å². The van der Waals surface area contributed by atoms with Gasteiger partial charge in [0.1, 0.15) is 6.33 Å². The maximum Gasteiger partial charge on any atom is 0.183 e. The van der Waals surface area contributed by atoms with Gasteiger partial charge in [-0.25, -0.2) is 14.6 Å². The van der Waals surface area contributed by atoms with Crippen molar-refractivity contribution in [3.63, 3.8) is 0 Å². The van der Waals surface area contributed by atoms with Crippen LogP contribution in [0.3, 0.4) is 0 Å². The van der Waals surface area contributed by atoms with E-state index in [0.29, 0.717) is 16.3 Å². The van der Waals surface area contributed by atoms with E-state index in [1.165, 1.54) is 6.33 Å². The molecule has 68 valence electrons. The van der Waals surface area contributed by atoms with E-state index in [1.54, 1.807) is 4.68 Å². The first-order chi connectivity index (χ1) is 6.33. The third-order valence-corrected chi connectivity index (χ3v) is 1.97. The third kappa shape index (κ3) is 1.35. The molecular formula is C7H8ClN5. The van der Waals surface area contributed by atoms with Crippen LogP contribution in [0.15, 0.2) is 6.33 Å². The molecule has 0 unspecified atom stereocenters. The summed E-state index contributed by atoms with van der Waals surface area (Å²) in [6.45, 7) is 2.86. The van der Waals surface area contributed by atoms with E-state index in [9.17, 15) is 0 Å². The lowest BCUT2D eigenvalue weighted by Crippen LogP contribution is -2.00. The van der Waals surface area contributed by atoms with Gasteiger partial charge in [0.05, 0.1) is 0 Å². The minimum Gasteiger partial charge on any atom is -0.227 e. The molecule has 0 amide bonds. The van der Waals surface area contributed by atoms with Gasteiger partial charge in [-0.15, -0.1) is 5.10 Å². The van der Waals surface area contributed by atoms with Gasteiger partial charge in [-0.3, -0.25) is 0 Å². The van der Waals surface area contributed by atoms with Crippen molar-refractivity contribution in [3.8, 4) is 0 Å². The summed E-state index contributed by atoms with van der Waals surface area (Å²) in [6, 6.07) is 0. The van der Waals surface area contributed by atoms with Gasteiger partial charge >= 0.3 is 0 Å². The molecule has 0 radical (unpaired) electrons. The highest BCUT2D eigenvalue weighted by atomic mass is 35.5. The fourth-order valence-corrected chi connectivity index (χ4v) is 1.29. The number of halogens is 1. The largest absolute Gasteiger partial charge is 0.227 e. The lowest BCUT2D eigenvalue weighted by Gasteiger charge is -1.96. The molecule has 0 spiro atoms. The molecule has 0 aliphatic rings. The molecule has 2 rings (SSSR count). The fraction of sp³-hybridized carbons (Fsp3) is 0.429. The summed E-state index contributed by atoms with van der Waals surface area (Å²) in [5.41, 5.74) is 1.26. The number of aryl methyl sites for hydroxylation is 1. The monoisotopic (exact) mass is 197 g/mol. The molecule has 0 N–H and O–H groups in total. The van der Waals surface area contributed by atoms with E-state index in [-0.39, 0.29) is 0 Å².